The molecule has 3 rings (SSSR count). The van der Waals surface area contributed by atoms with E-state index in [1.54, 1.807) is 14.2 Å². The van der Waals surface area contributed by atoms with E-state index in [1.807, 2.05) is 18.2 Å². The molecule has 0 radical (unpaired) electrons. The zero-order chi connectivity index (χ0) is 17.1. The molecule has 0 spiro atoms. The molecule has 24 heavy (non-hydrogen) atoms. The Labute approximate surface area is 143 Å². The molecule has 3 nitrogen and oxygen atoms in total. The highest BCUT2D eigenvalue weighted by atomic mass is 16.5. The van der Waals surface area contributed by atoms with E-state index < -0.39 is 0 Å². The highest BCUT2D eigenvalue weighted by Gasteiger charge is 2.17. The van der Waals surface area contributed by atoms with Crippen LogP contribution in [0.15, 0.2) is 42.5 Å². The standard InChI is InChI=1S/C21H25NO2/c1-5-13-22-19(6-2)21(15-7-9-16(23-3)10-8-15)18-12-11-17(24-4)14-20(18)22/h7-12,14H,5-6,13H2,1-4H3. The number of nitrogens with zero attached hydrogens (tertiary/aromatic N) is 1. The topological polar surface area (TPSA) is 23.4 Å². The summed E-state index contributed by atoms with van der Waals surface area (Å²) < 4.78 is 13.2. The molecule has 0 aliphatic heterocycles. The zero-order valence-electron chi connectivity index (χ0n) is 14.9. The molecule has 0 unspecified atom stereocenters. The van der Waals surface area contributed by atoms with E-state index in [0.717, 1.165) is 30.9 Å². The second-order valence-electron chi connectivity index (χ2n) is 5.94. The first-order valence-electron chi connectivity index (χ1n) is 8.57. The summed E-state index contributed by atoms with van der Waals surface area (Å²) in [5.74, 6) is 1.79. The first kappa shape index (κ1) is 16.4. The van der Waals surface area contributed by atoms with Crippen molar-refractivity contribution in [1.29, 1.82) is 0 Å². The molecule has 1 aromatic heterocycles. The lowest BCUT2D eigenvalue weighted by Gasteiger charge is -2.10. The number of aryl methyl sites for hydroxylation is 1. The lowest BCUT2D eigenvalue weighted by molar-refractivity contribution is 0.415. The third-order valence-electron chi connectivity index (χ3n) is 4.54. The Balaban J connectivity index is 2.28. The SMILES string of the molecule is CCCn1c(CC)c(-c2ccc(OC)cc2)c2ccc(OC)cc21. The van der Waals surface area contributed by atoms with Gasteiger partial charge in [-0.25, -0.2) is 0 Å². The van der Waals surface area contributed by atoms with Crippen molar-refractivity contribution < 1.29 is 9.47 Å². The normalized spacial score (nSPS) is 11.0. The van der Waals surface area contributed by atoms with Gasteiger partial charge in [0.25, 0.3) is 0 Å². The van der Waals surface area contributed by atoms with Crippen LogP contribution in [-0.4, -0.2) is 18.8 Å². The van der Waals surface area contributed by atoms with Crippen LogP contribution in [0.25, 0.3) is 22.0 Å². The minimum atomic E-state index is 0.885. The fourth-order valence-corrected chi connectivity index (χ4v) is 3.44. The largest absolute Gasteiger partial charge is 0.497 e. The molecule has 2 aromatic carbocycles. The monoisotopic (exact) mass is 323 g/mol. The number of aromatic nitrogens is 1. The molecule has 1 heterocycles. The van der Waals surface area contributed by atoms with Gasteiger partial charge in [0.2, 0.25) is 0 Å². The summed E-state index contributed by atoms with van der Waals surface area (Å²) in [5.41, 5.74) is 5.19. The molecule has 0 fully saturated rings. The van der Waals surface area contributed by atoms with Crippen LogP contribution < -0.4 is 9.47 Å². The number of hydrogen-bond acceptors (Lipinski definition) is 2. The van der Waals surface area contributed by atoms with Crippen molar-refractivity contribution >= 4 is 10.9 Å². The Hall–Kier alpha value is -2.42. The van der Waals surface area contributed by atoms with Crippen molar-refractivity contribution in [1.82, 2.24) is 4.57 Å². The Bertz CT molecular complexity index is 831. The van der Waals surface area contributed by atoms with E-state index in [1.165, 1.54) is 27.7 Å². The first-order valence-corrected chi connectivity index (χ1v) is 8.57. The lowest BCUT2D eigenvalue weighted by Crippen LogP contribution is -2.02. The Morgan fingerprint density at radius 3 is 2.12 bits per heavy atom. The van der Waals surface area contributed by atoms with E-state index in [9.17, 15) is 0 Å². The minimum Gasteiger partial charge on any atom is -0.497 e. The van der Waals surface area contributed by atoms with Crippen LogP contribution in [0.4, 0.5) is 0 Å². The zero-order valence-corrected chi connectivity index (χ0v) is 14.9. The molecule has 3 heteroatoms. The smallest absolute Gasteiger partial charge is 0.120 e. The van der Waals surface area contributed by atoms with Gasteiger partial charge in [0.15, 0.2) is 0 Å². The van der Waals surface area contributed by atoms with E-state index in [2.05, 4.69) is 42.7 Å². The Morgan fingerprint density at radius 1 is 0.875 bits per heavy atom. The number of fused-ring (bicyclic) bond motifs is 1. The van der Waals surface area contributed by atoms with Crippen molar-refractivity contribution in [2.24, 2.45) is 0 Å². The van der Waals surface area contributed by atoms with Gasteiger partial charge in [-0.3, -0.25) is 0 Å². The molecular formula is C21H25NO2. The molecule has 0 amide bonds. The molecular weight excluding hydrogens is 298 g/mol. The maximum absolute atomic E-state index is 5.44. The second kappa shape index (κ2) is 7.00. The van der Waals surface area contributed by atoms with Crippen LogP contribution in [0.2, 0.25) is 0 Å². The van der Waals surface area contributed by atoms with Gasteiger partial charge in [-0.2, -0.15) is 0 Å². The maximum atomic E-state index is 5.44. The first-order chi connectivity index (χ1) is 11.7. The fraction of sp³-hybridized carbons (Fsp3) is 0.333. The van der Waals surface area contributed by atoms with Crippen LogP contribution in [0.5, 0.6) is 11.5 Å². The van der Waals surface area contributed by atoms with Crippen LogP contribution in [0.3, 0.4) is 0 Å². The summed E-state index contributed by atoms with van der Waals surface area (Å²) in [6.07, 6.45) is 2.11. The number of ether oxygens (including phenoxy) is 2. The lowest BCUT2D eigenvalue weighted by atomic mass is 10.0. The summed E-state index contributed by atoms with van der Waals surface area (Å²) in [6.45, 7) is 5.46. The fourth-order valence-electron chi connectivity index (χ4n) is 3.44. The Kier molecular flexibility index (Phi) is 4.79. The second-order valence-corrected chi connectivity index (χ2v) is 5.94. The van der Waals surface area contributed by atoms with Crippen molar-refractivity contribution in [2.75, 3.05) is 14.2 Å². The van der Waals surface area contributed by atoms with Crippen LogP contribution in [0.1, 0.15) is 26.0 Å². The number of methoxy groups -OCH3 is 2. The minimum absolute atomic E-state index is 0.885. The van der Waals surface area contributed by atoms with E-state index in [0.29, 0.717) is 0 Å². The van der Waals surface area contributed by atoms with Gasteiger partial charge in [-0.15, -0.1) is 0 Å². The highest BCUT2D eigenvalue weighted by Crippen LogP contribution is 2.37. The molecule has 0 atom stereocenters. The molecule has 0 saturated heterocycles. The van der Waals surface area contributed by atoms with Gasteiger partial charge in [0.1, 0.15) is 11.5 Å². The number of benzene rings is 2. The van der Waals surface area contributed by atoms with Crippen LogP contribution >= 0.6 is 0 Å². The van der Waals surface area contributed by atoms with Crippen molar-refractivity contribution in [2.45, 2.75) is 33.2 Å². The molecule has 0 aliphatic carbocycles. The van der Waals surface area contributed by atoms with Crippen LogP contribution in [-0.2, 0) is 13.0 Å². The third kappa shape index (κ3) is 2.75. The van der Waals surface area contributed by atoms with Crippen molar-refractivity contribution in [3.05, 3.63) is 48.2 Å². The summed E-state index contributed by atoms with van der Waals surface area (Å²) in [7, 11) is 3.42. The van der Waals surface area contributed by atoms with Gasteiger partial charge in [-0.05, 0) is 42.7 Å². The molecule has 3 aromatic rings. The van der Waals surface area contributed by atoms with E-state index in [4.69, 9.17) is 9.47 Å². The highest BCUT2D eigenvalue weighted by molar-refractivity contribution is 5.99. The van der Waals surface area contributed by atoms with Gasteiger partial charge in [-0.1, -0.05) is 26.0 Å². The number of hydrogen-bond donors (Lipinski definition) is 0. The molecule has 0 aliphatic rings. The molecule has 0 saturated carbocycles. The summed E-state index contributed by atoms with van der Waals surface area (Å²) >= 11 is 0. The molecule has 126 valence electrons. The quantitative estimate of drug-likeness (QED) is 0.614. The summed E-state index contributed by atoms with van der Waals surface area (Å²) in [4.78, 5) is 0. The van der Waals surface area contributed by atoms with Crippen molar-refractivity contribution in [3.63, 3.8) is 0 Å². The summed E-state index contributed by atoms with van der Waals surface area (Å²) in [5, 5.41) is 1.28. The summed E-state index contributed by atoms with van der Waals surface area (Å²) in [6, 6.07) is 14.7. The maximum Gasteiger partial charge on any atom is 0.120 e. The van der Waals surface area contributed by atoms with Gasteiger partial charge in [0, 0.05) is 29.3 Å². The van der Waals surface area contributed by atoms with Gasteiger partial charge >= 0.3 is 0 Å². The van der Waals surface area contributed by atoms with Gasteiger partial charge < -0.3 is 14.0 Å². The van der Waals surface area contributed by atoms with Crippen molar-refractivity contribution in [3.8, 4) is 22.6 Å². The van der Waals surface area contributed by atoms with Gasteiger partial charge in [0.05, 0.1) is 19.7 Å². The Morgan fingerprint density at radius 2 is 1.54 bits per heavy atom. The van der Waals surface area contributed by atoms with E-state index >= 15 is 0 Å². The third-order valence-corrected chi connectivity index (χ3v) is 4.54. The predicted molar refractivity (Wildman–Crippen MR) is 100 cm³/mol. The van der Waals surface area contributed by atoms with Crippen LogP contribution in [0, 0.1) is 0 Å². The average Bonchev–Trinajstić information content (AvgIpc) is 2.94. The number of rotatable bonds is 6. The molecule has 0 N–H and O–H groups in total. The average molecular weight is 323 g/mol. The predicted octanol–water partition coefficient (Wildman–Crippen LogP) is 5.30. The van der Waals surface area contributed by atoms with E-state index in [-0.39, 0.29) is 0 Å². The molecule has 0 bridgehead atoms.